The second kappa shape index (κ2) is 9.15. The molecule has 5 heteroatoms. The number of carbonyl (C=O) groups excluding carboxylic acids is 1. The van der Waals surface area contributed by atoms with Crippen LogP contribution in [0.2, 0.25) is 0 Å². The normalized spacial score (nSPS) is 9.31. The first-order valence-corrected chi connectivity index (χ1v) is 4.80. The molecule has 0 saturated carbocycles. The molecule has 0 radical (unpaired) electrons. The number of benzene rings is 1. The molecule has 90 valence electrons. The van der Waals surface area contributed by atoms with Gasteiger partial charge in [-0.15, -0.1) is 12.4 Å². The van der Waals surface area contributed by atoms with Crippen LogP contribution in [0, 0.1) is 0 Å². The summed E-state index contributed by atoms with van der Waals surface area (Å²) in [6, 6.07) is 9.50. The van der Waals surface area contributed by atoms with Gasteiger partial charge in [0.25, 0.3) is 0 Å². The summed E-state index contributed by atoms with van der Waals surface area (Å²) in [5.74, 6) is -0.368. The Hall–Kier alpha value is -1.10. The van der Waals surface area contributed by atoms with E-state index in [1.807, 2.05) is 30.3 Å². The van der Waals surface area contributed by atoms with Gasteiger partial charge in [-0.05, 0) is 5.56 Å². The zero-order valence-electron chi connectivity index (χ0n) is 8.93. The maximum absolute atomic E-state index is 11.1. The maximum atomic E-state index is 11.1. The molecule has 16 heavy (non-hydrogen) atoms. The van der Waals surface area contributed by atoms with E-state index in [-0.39, 0.29) is 31.6 Å². The lowest BCUT2D eigenvalue weighted by atomic mass is 10.2. The van der Waals surface area contributed by atoms with Gasteiger partial charge in [0, 0.05) is 6.54 Å². The maximum Gasteiger partial charge on any atom is 0.332 e. The van der Waals surface area contributed by atoms with E-state index >= 15 is 0 Å². The lowest BCUT2D eigenvalue weighted by molar-refractivity contribution is -0.150. The zero-order valence-corrected chi connectivity index (χ0v) is 9.74. The molecule has 1 aromatic carbocycles. The summed E-state index contributed by atoms with van der Waals surface area (Å²) in [6.45, 7) is 1.03. The van der Waals surface area contributed by atoms with Crippen LogP contribution in [-0.2, 0) is 20.9 Å². The minimum Gasteiger partial charge on any atom is -0.459 e. The average molecular weight is 246 g/mol. The van der Waals surface area contributed by atoms with Crippen molar-refractivity contribution in [3.63, 3.8) is 0 Å². The predicted molar refractivity (Wildman–Crippen MR) is 63.4 cm³/mol. The molecule has 0 fully saturated rings. The Balaban J connectivity index is 0.00000225. The molecular formula is C11H16ClNO3. The Morgan fingerprint density at radius 1 is 1.25 bits per heavy atom. The molecule has 0 aliphatic rings. The lowest BCUT2D eigenvalue weighted by Gasteiger charge is -2.04. The average Bonchev–Trinajstić information content (AvgIpc) is 2.28. The minimum atomic E-state index is -0.368. The SMILES string of the molecule is Cl.NCCOCC(=O)OCc1ccccc1. The summed E-state index contributed by atoms with van der Waals surface area (Å²) in [5, 5.41) is 0. The van der Waals surface area contributed by atoms with E-state index in [0.717, 1.165) is 5.56 Å². The summed E-state index contributed by atoms with van der Waals surface area (Å²) in [5.41, 5.74) is 6.17. The molecule has 0 aliphatic carbocycles. The Labute approximate surface area is 101 Å². The summed E-state index contributed by atoms with van der Waals surface area (Å²) in [7, 11) is 0. The molecule has 0 atom stereocenters. The van der Waals surface area contributed by atoms with Crippen LogP contribution in [0.4, 0.5) is 0 Å². The van der Waals surface area contributed by atoms with E-state index in [1.54, 1.807) is 0 Å². The lowest BCUT2D eigenvalue weighted by Crippen LogP contribution is -2.16. The number of ether oxygens (including phenoxy) is 2. The van der Waals surface area contributed by atoms with Gasteiger partial charge in [0.15, 0.2) is 0 Å². The van der Waals surface area contributed by atoms with Gasteiger partial charge in [0.1, 0.15) is 13.2 Å². The van der Waals surface area contributed by atoms with Gasteiger partial charge in [0.05, 0.1) is 6.61 Å². The van der Waals surface area contributed by atoms with Gasteiger partial charge in [-0.2, -0.15) is 0 Å². The summed E-state index contributed by atoms with van der Waals surface area (Å²) < 4.78 is 9.90. The largest absolute Gasteiger partial charge is 0.459 e. The summed E-state index contributed by atoms with van der Waals surface area (Å²) >= 11 is 0. The van der Waals surface area contributed by atoms with Gasteiger partial charge in [-0.1, -0.05) is 30.3 Å². The third kappa shape index (κ3) is 6.40. The Bertz CT molecular complexity index is 293. The second-order valence-corrected chi connectivity index (χ2v) is 2.99. The molecule has 0 aromatic heterocycles. The van der Waals surface area contributed by atoms with Gasteiger partial charge in [-0.3, -0.25) is 0 Å². The molecule has 0 saturated heterocycles. The van der Waals surface area contributed by atoms with Crippen LogP contribution in [0.15, 0.2) is 30.3 Å². The van der Waals surface area contributed by atoms with Crippen LogP contribution in [0.1, 0.15) is 5.56 Å². The Morgan fingerprint density at radius 3 is 2.56 bits per heavy atom. The fourth-order valence-corrected chi connectivity index (χ4v) is 1.02. The second-order valence-electron chi connectivity index (χ2n) is 2.99. The van der Waals surface area contributed by atoms with Crippen LogP contribution in [0.5, 0.6) is 0 Å². The van der Waals surface area contributed by atoms with Gasteiger partial charge < -0.3 is 15.2 Å². The van der Waals surface area contributed by atoms with Crippen molar-refractivity contribution in [2.24, 2.45) is 5.73 Å². The molecule has 0 heterocycles. The molecule has 0 amide bonds. The smallest absolute Gasteiger partial charge is 0.332 e. The van der Waals surface area contributed by atoms with Crippen molar-refractivity contribution < 1.29 is 14.3 Å². The van der Waals surface area contributed by atoms with Crippen LogP contribution < -0.4 is 5.73 Å². The molecule has 1 rings (SSSR count). The summed E-state index contributed by atoms with van der Waals surface area (Å²) in [4.78, 5) is 11.1. The van der Waals surface area contributed by atoms with E-state index in [0.29, 0.717) is 13.2 Å². The van der Waals surface area contributed by atoms with E-state index in [9.17, 15) is 4.79 Å². The predicted octanol–water partition coefficient (Wildman–Crippen LogP) is 1.13. The van der Waals surface area contributed by atoms with Gasteiger partial charge in [0.2, 0.25) is 0 Å². The number of hydrogen-bond donors (Lipinski definition) is 1. The van der Waals surface area contributed by atoms with Crippen LogP contribution in [0.3, 0.4) is 0 Å². The molecule has 0 aliphatic heterocycles. The quantitative estimate of drug-likeness (QED) is 0.603. The number of nitrogens with two attached hydrogens (primary N) is 1. The van der Waals surface area contributed by atoms with Crippen molar-refractivity contribution in [3.05, 3.63) is 35.9 Å². The minimum absolute atomic E-state index is 0. The number of rotatable bonds is 6. The first kappa shape index (κ1) is 14.9. The Kier molecular flexibility index (Phi) is 8.52. The van der Waals surface area contributed by atoms with E-state index < -0.39 is 0 Å². The van der Waals surface area contributed by atoms with Gasteiger partial charge >= 0.3 is 5.97 Å². The van der Waals surface area contributed by atoms with Gasteiger partial charge in [-0.25, -0.2) is 4.79 Å². The first-order chi connectivity index (χ1) is 7.33. The third-order valence-corrected chi connectivity index (χ3v) is 1.72. The number of hydrogen-bond acceptors (Lipinski definition) is 4. The van der Waals surface area contributed by atoms with Crippen molar-refractivity contribution >= 4 is 18.4 Å². The van der Waals surface area contributed by atoms with E-state index in [4.69, 9.17) is 15.2 Å². The van der Waals surface area contributed by atoms with Crippen LogP contribution in [-0.4, -0.2) is 25.7 Å². The molecule has 4 nitrogen and oxygen atoms in total. The monoisotopic (exact) mass is 245 g/mol. The number of carbonyl (C=O) groups is 1. The molecule has 0 spiro atoms. The third-order valence-electron chi connectivity index (χ3n) is 1.72. The number of esters is 1. The van der Waals surface area contributed by atoms with Crippen LogP contribution in [0.25, 0.3) is 0 Å². The van der Waals surface area contributed by atoms with Crippen molar-refractivity contribution in [2.75, 3.05) is 19.8 Å². The molecular weight excluding hydrogens is 230 g/mol. The van der Waals surface area contributed by atoms with Crippen molar-refractivity contribution in [2.45, 2.75) is 6.61 Å². The molecule has 2 N–H and O–H groups in total. The van der Waals surface area contributed by atoms with Crippen molar-refractivity contribution in [1.82, 2.24) is 0 Å². The van der Waals surface area contributed by atoms with Crippen LogP contribution >= 0.6 is 12.4 Å². The highest BCUT2D eigenvalue weighted by Crippen LogP contribution is 2.00. The molecule has 1 aromatic rings. The summed E-state index contributed by atoms with van der Waals surface area (Å²) in [6.07, 6.45) is 0. The molecule has 0 unspecified atom stereocenters. The first-order valence-electron chi connectivity index (χ1n) is 4.80. The van der Waals surface area contributed by atoms with E-state index in [1.165, 1.54) is 0 Å². The highest BCUT2D eigenvalue weighted by atomic mass is 35.5. The molecule has 0 bridgehead atoms. The highest BCUT2D eigenvalue weighted by Gasteiger charge is 2.02. The zero-order chi connectivity index (χ0) is 10.9. The van der Waals surface area contributed by atoms with Crippen molar-refractivity contribution in [3.8, 4) is 0 Å². The van der Waals surface area contributed by atoms with Crippen molar-refractivity contribution in [1.29, 1.82) is 0 Å². The number of halogens is 1. The van der Waals surface area contributed by atoms with E-state index in [2.05, 4.69) is 0 Å². The fraction of sp³-hybridized carbons (Fsp3) is 0.364. The standard InChI is InChI=1S/C11H15NO3.ClH/c12-6-7-14-9-11(13)15-8-10-4-2-1-3-5-10;/h1-5H,6-9,12H2;1H. The topological polar surface area (TPSA) is 61.5 Å². The Morgan fingerprint density at radius 2 is 1.94 bits per heavy atom. The fourth-order valence-electron chi connectivity index (χ4n) is 1.02. The highest BCUT2D eigenvalue weighted by molar-refractivity contribution is 5.85.